The highest BCUT2D eigenvalue weighted by Gasteiger charge is 2.26. The summed E-state index contributed by atoms with van der Waals surface area (Å²) in [4.78, 5) is 27.6. The lowest BCUT2D eigenvalue weighted by Gasteiger charge is -2.25. The van der Waals surface area contributed by atoms with Crippen LogP contribution in [0.3, 0.4) is 0 Å². The third-order valence-electron chi connectivity index (χ3n) is 7.33. The molecule has 0 aliphatic carbocycles. The summed E-state index contributed by atoms with van der Waals surface area (Å²) in [5, 5.41) is 1.61. The first-order chi connectivity index (χ1) is 17.8. The minimum absolute atomic E-state index is 0.0337. The Morgan fingerprint density at radius 3 is 2.54 bits per heavy atom. The van der Waals surface area contributed by atoms with Gasteiger partial charge in [-0.15, -0.1) is 0 Å². The second-order valence-corrected chi connectivity index (χ2v) is 9.56. The van der Waals surface area contributed by atoms with E-state index < -0.39 is 0 Å². The number of hydrazine groups is 1. The second-order valence-electron chi connectivity index (χ2n) is 9.56. The van der Waals surface area contributed by atoms with Crippen LogP contribution < -0.4 is 16.6 Å². The number of amides is 1. The highest BCUT2D eigenvalue weighted by atomic mass is 16.5. The van der Waals surface area contributed by atoms with Crippen LogP contribution in [0.15, 0.2) is 60.7 Å². The molecule has 4 rings (SSSR count). The van der Waals surface area contributed by atoms with Gasteiger partial charge in [0.15, 0.2) is 0 Å². The van der Waals surface area contributed by atoms with Crippen LogP contribution in [0.4, 0.5) is 11.4 Å². The SMILES string of the molecule is CCN(N)c1ccc(C(CC(=O)OC)c2ccc3c(c2)CN(C(=O)c2ccccc2)CCC3)c(C)c1N. The van der Waals surface area contributed by atoms with Crippen molar-refractivity contribution in [1.29, 1.82) is 0 Å². The van der Waals surface area contributed by atoms with Gasteiger partial charge in [0.25, 0.3) is 5.91 Å². The number of hydrogen-bond donors (Lipinski definition) is 2. The number of fused-ring (bicyclic) bond motifs is 1. The molecule has 0 saturated heterocycles. The number of ether oxygens (including phenoxy) is 1. The third kappa shape index (κ3) is 5.62. The van der Waals surface area contributed by atoms with Crippen LogP contribution in [0.25, 0.3) is 0 Å². The molecule has 4 N–H and O–H groups in total. The van der Waals surface area contributed by atoms with Crippen LogP contribution >= 0.6 is 0 Å². The zero-order chi connectivity index (χ0) is 26.5. The summed E-state index contributed by atoms with van der Waals surface area (Å²) in [7, 11) is 1.40. The molecule has 3 aromatic carbocycles. The molecule has 0 spiro atoms. The molecule has 7 heteroatoms. The average Bonchev–Trinajstić information content (AvgIpc) is 3.15. The van der Waals surface area contributed by atoms with E-state index in [1.54, 1.807) is 5.01 Å². The number of aryl methyl sites for hydroxylation is 1. The predicted molar refractivity (Wildman–Crippen MR) is 147 cm³/mol. The summed E-state index contributed by atoms with van der Waals surface area (Å²) in [5.74, 6) is 5.61. The smallest absolute Gasteiger partial charge is 0.306 e. The molecule has 1 heterocycles. The fourth-order valence-corrected chi connectivity index (χ4v) is 5.12. The predicted octanol–water partition coefficient (Wildman–Crippen LogP) is 4.56. The molecule has 0 bridgehead atoms. The van der Waals surface area contributed by atoms with Gasteiger partial charge in [0.1, 0.15) is 0 Å². The number of esters is 1. The molecule has 0 radical (unpaired) electrons. The van der Waals surface area contributed by atoms with Gasteiger partial charge in [-0.1, -0.05) is 42.5 Å². The first kappa shape index (κ1) is 26.2. The molecular formula is C30H36N4O3. The van der Waals surface area contributed by atoms with Gasteiger partial charge in [0.2, 0.25) is 0 Å². The van der Waals surface area contributed by atoms with E-state index in [0.29, 0.717) is 30.9 Å². The number of carbonyl (C=O) groups excluding carboxylic acids is 2. The van der Waals surface area contributed by atoms with Gasteiger partial charge in [-0.3, -0.25) is 9.59 Å². The second kappa shape index (κ2) is 11.5. The molecule has 0 aromatic heterocycles. The summed E-state index contributed by atoms with van der Waals surface area (Å²) < 4.78 is 5.05. The summed E-state index contributed by atoms with van der Waals surface area (Å²) in [6.45, 7) is 5.78. The van der Waals surface area contributed by atoms with Crippen molar-refractivity contribution in [2.24, 2.45) is 5.84 Å². The number of nitrogens with two attached hydrogens (primary N) is 2. The third-order valence-corrected chi connectivity index (χ3v) is 7.33. The Labute approximate surface area is 219 Å². The number of carbonyl (C=O) groups is 2. The van der Waals surface area contributed by atoms with E-state index in [0.717, 1.165) is 40.8 Å². The van der Waals surface area contributed by atoms with Crippen molar-refractivity contribution >= 4 is 23.3 Å². The van der Waals surface area contributed by atoms with E-state index in [9.17, 15) is 9.59 Å². The van der Waals surface area contributed by atoms with Crippen LogP contribution in [0.1, 0.15) is 63.9 Å². The zero-order valence-electron chi connectivity index (χ0n) is 21.9. The summed E-state index contributed by atoms with van der Waals surface area (Å²) in [5.41, 5.74) is 13.7. The maximum atomic E-state index is 13.2. The van der Waals surface area contributed by atoms with Crippen molar-refractivity contribution in [3.05, 3.63) is 94.0 Å². The van der Waals surface area contributed by atoms with Crippen LogP contribution in [0.2, 0.25) is 0 Å². The minimum atomic E-state index is -0.295. The molecule has 0 saturated carbocycles. The zero-order valence-corrected chi connectivity index (χ0v) is 21.9. The molecule has 194 valence electrons. The molecule has 1 atom stereocenters. The first-order valence-electron chi connectivity index (χ1n) is 12.8. The fourth-order valence-electron chi connectivity index (χ4n) is 5.12. The Hall–Kier alpha value is -3.84. The number of anilines is 2. The standard InChI is InChI=1S/C30H36N4O3/c1-4-34(32)27-15-14-25(20(2)29(27)31)26(18-28(35)37-3)23-13-12-21-11-8-16-33(19-24(21)17-23)30(36)22-9-6-5-7-10-22/h5-7,9-10,12-15,17,26H,4,8,11,16,18-19,31-32H2,1-3H3. The Morgan fingerprint density at radius 2 is 1.84 bits per heavy atom. The van der Waals surface area contributed by atoms with E-state index >= 15 is 0 Å². The Balaban J connectivity index is 1.72. The minimum Gasteiger partial charge on any atom is -0.469 e. The van der Waals surface area contributed by atoms with Gasteiger partial charge >= 0.3 is 5.97 Å². The topological polar surface area (TPSA) is 102 Å². The number of nitrogens with zero attached hydrogens (tertiary/aromatic N) is 2. The van der Waals surface area contributed by atoms with Crippen molar-refractivity contribution in [3.8, 4) is 0 Å². The van der Waals surface area contributed by atoms with Gasteiger partial charge in [-0.25, -0.2) is 5.84 Å². The molecule has 1 amide bonds. The maximum absolute atomic E-state index is 13.2. The van der Waals surface area contributed by atoms with E-state index in [4.69, 9.17) is 16.3 Å². The van der Waals surface area contributed by atoms with Crippen molar-refractivity contribution in [3.63, 3.8) is 0 Å². The highest BCUT2D eigenvalue weighted by Crippen LogP contribution is 2.37. The number of nitrogen functional groups attached to an aromatic ring is 1. The van der Waals surface area contributed by atoms with Crippen LogP contribution in [0, 0.1) is 6.92 Å². The van der Waals surface area contributed by atoms with Crippen molar-refractivity contribution < 1.29 is 14.3 Å². The lowest BCUT2D eigenvalue weighted by molar-refractivity contribution is -0.140. The largest absolute Gasteiger partial charge is 0.469 e. The van der Waals surface area contributed by atoms with Crippen molar-refractivity contribution in [2.75, 3.05) is 30.9 Å². The lowest BCUT2D eigenvalue weighted by Crippen LogP contribution is -2.31. The van der Waals surface area contributed by atoms with E-state index in [1.807, 2.05) is 61.2 Å². The van der Waals surface area contributed by atoms with Crippen molar-refractivity contribution in [1.82, 2.24) is 4.90 Å². The Morgan fingerprint density at radius 1 is 1.08 bits per heavy atom. The molecule has 3 aromatic rings. The molecule has 0 fully saturated rings. The first-order valence-corrected chi connectivity index (χ1v) is 12.8. The molecular weight excluding hydrogens is 464 g/mol. The molecule has 1 aliphatic rings. The van der Waals surface area contributed by atoms with Gasteiger partial charge in [0.05, 0.1) is 24.9 Å². The van der Waals surface area contributed by atoms with E-state index in [1.165, 1.54) is 12.7 Å². The van der Waals surface area contributed by atoms with Gasteiger partial charge < -0.3 is 20.4 Å². The highest BCUT2D eigenvalue weighted by molar-refractivity contribution is 5.94. The van der Waals surface area contributed by atoms with E-state index in [-0.39, 0.29) is 24.2 Å². The van der Waals surface area contributed by atoms with Gasteiger partial charge in [-0.2, -0.15) is 0 Å². The monoisotopic (exact) mass is 500 g/mol. The molecule has 1 aliphatic heterocycles. The average molecular weight is 501 g/mol. The normalized spacial score (nSPS) is 13.9. The number of methoxy groups -OCH3 is 1. The van der Waals surface area contributed by atoms with Crippen LogP contribution in [-0.2, 0) is 22.5 Å². The molecule has 37 heavy (non-hydrogen) atoms. The van der Waals surface area contributed by atoms with Gasteiger partial charge in [-0.05, 0) is 72.7 Å². The number of rotatable bonds is 7. The molecule has 1 unspecified atom stereocenters. The summed E-state index contributed by atoms with van der Waals surface area (Å²) in [6, 6.07) is 19.7. The van der Waals surface area contributed by atoms with E-state index in [2.05, 4.69) is 18.2 Å². The van der Waals surface area contributed by atoms with Crippen LogP contribution in [0.5, 0.6) is 0 Å². The Kier molecular flexibility index (Phi) is 8.14. The summed E-state index contributed by atoms with van der Waals surface area (Å²) in [6.07, 6.45) is 1.99. The molecule has 7 nitrogen and oxygen atoms in total. The van der Waals surface area contributed by atoms with Crippen molar-refractivity contribution in [2.45, 2.75) is 45.6 Å². The summed E-state index contributed by atoms with van der Waals surface area (Å²) >= 11 is 0. The Bertz CT molecular complexity index is 1280. The number of hydrogen-bond acceptors (Lipinski definition) is 6. The maximum Gasteiger partial charge on any atom is 0.306 e. The quantitative estimate of drug-likeness (QED) is 0.213. The van der Waals surface area contributed by atoms with Gasteiger partial charge in [0, 0.05) is 31.1 Å². The van der Waals surface area contributed by atoms with Crippen LogP contribution in [-0.4, -0.2) is 37.0 Å². The number of benzene rings is 3. The fraction of sp³-hybridized carbons (Fsp3) is 0.333. The lowest BCUT2D eigenvalue weighted by atomic mass is 9.83.